The van der Waals surface area contributed by atoms with Crippen LogP contribution in [0, 0.1) is 11.7 Å². The Bertz CT molecular complexity index is 864. The third kappa shape index (κ3) is 5.32. The fraction of sp³-hybridized carbons (Fsp3) is 0.364. The first-order valence-electron chi connectivity index (χ1n) is 9.54. The maximum Gasteiger partial charge on any atom is 0.357 e. The second-order valence-electron chi connectivity index (χ2n) is 6.97. The summed E-state index contributed by atoms with van der Waals surface area (Å²) in [5.41, 5.74) is 0.575. The Hall–Kier alpha value is -2.93. The van der Waals surface area contributed by atoms with E-state index in [2.05, 4.69) is 4.74 Å². The molecule has 2 aromatic rings. The normalized spacial score (nSPS) is 16.1. The van der Waals surface area contributed by atoms with Gasteiger partial charge in [0.1, 0.15) is 0 Å². The van der Waals surface area contributed by atoms with E-state index in [1.165, 1.54) is 19.2 Å². The molecule has 0 aliphatic carbocycles. The van der Waals surface area contributed by atoms with Gasteiger partial charge < -0.3 is 14.3 Å². The number of piperidine rings is 1. The molecule has 1 saturated heterocycles. The molecule has 0 spiro atoms. The molecule has 0 N–H and O–H groups in total. The molecule has 0 radical (unpaired) electrons. The summed E-state index contributed by atoms with van der Waals surface area (Å²) < 4.78 is 24.2. The molecule has 6 nitrogen and oxygen atoms in total. The molecule has 7 heteroatoms. The predicted molar refractivity (Wildman–Crippen MR) is 104 cm³/mol. The smallest absolute Gasteiger partial charge is 0.357 e. The van der Waals surface area contributed by atoms with Gasteiger partial charge in [-0.1, -0.05) is 18.2 Å². The molecular weight excluding hydrogens is 377 g/mol. The molecule has 154 valence electrons. The van der Waals surface area contributed by atoms with Gasteiger partial charge in [0.15, 0.2) is 11.6 Å². The average Bonchev–Trinajstić information content (AvgIpc) is 2.75. The summed E-state index contributed by atoms with van der Waals surface area (Å²) in [5.74, 6) is -0.930. The van der Waals surface area contributed by atoms with Gasteiger partial charge in [-0.2, -0.15) is 0 Å². The Kier molecular flexibility index (Phi) is 6.82. The van der Waals surface area contributed by atoms with Gasteiger partial charge >= 0.3 is 11.9 Å². The van der Waals surface area contributed by atoms with Gasteiger partial charge in [-0.25, -0.2) is 14.0 Å². The number of hydroxylamine groups is 2. The van der Waals surface area contributed by atoms with E-state index in [-0.39, 0.29) is 29.2 Å². The van der Waals surface area contributed by atoms with Crippen LogP contribution >= 0.6 is 0 Å². The quantitative estimate of drug-likeness (QED) is 0.685. The first-order chi connectivity index (χ1) is 14.0. The fourth-order valence-corrected chi connectivity index (χ4v) is 3.33. The largest absolute Gasteiger partial charge is 0.487 e. The number of rotatable bonds is 6. The maximum atomic E-state index is 13.8. The molecule has 0 bridgehead atoms. The third-order valence-electron chi connectivity index (χ3n) is 5.04. The monoisotopic (exact) mass is 401 g/mol. The standard InChI is InChI=1S/C22H24FNO5/c1-15(28-20-9-4-3-8-19(20)23)16-10-12-24(13-11-16)29-22(26)18-7-5-6-17(14-18)21(25)27-2/h3-9,14-16H,10-13H2,1-2H3. The Morgan fingerprint density at radius 2 is 1.69 bits per heavy atom. The van der Waals surface area contributed by atoms with Crippen LogP contribution in [0.5, 0.6) is 5.75 Å². The number of hydrogen-bond donors (Lipinski definition) is 0. The van der Waals surface area contributed by atoms with Crippen LogP contribution in [0.15, 0.2) is 48.5 Å². The van der Waals surface area contributed by atoms with E-state index in [4.69, 9.17) is 9.57 Å². The minimum absolute atomic E-state index is 0.151. The van der Waals surface area contributed by atoms with Crippen LogP contribution in [-0.2, 0) is 9.57 Å². The van der Waals surface area contributed by atoms with Crippen molar-refractivity contribution in [3.8, 4) is 5.75 Å². The van der Waals surface area contributed by atoms with Crippen LogP contribution in [-0.4, -0.2) is 43.3 Å². The summed E-state index contributed by atoms with van der Waals surface area (Å²) in [6, 6.07) is 12.6. The first kappa shape index (κ1) is 20.8. The Morgan fingerprint density at radius 3 is 2.34 bits per heavy atom. The van der Waals surface area contributed by atoms with Crippen molar-refractivity contribution in [3.05, 3.63) is 65.5 Å². The number of esters is 1. The molecule has 1 heterocycles. The Labute approximate surface area is 169 Å². The van der Waals surface area contributed by atoms with Gasteiger partial charge in [-0.3, -0.25) is 0 Å². The van der Waals surface area contributed by atoms with E-state index in [9.17, 15) is 14.0 Å². The number of benzene rings is 2. The zero-order chi connectivity index (χ0) is 20.8. The average molecular weight is 401 g/mol. The molecule has 2 aromatic carbocycles. The minimum atomic E-state index is -0.523. The predicted octanol–water partition coefficient (Wildman–Crippen LogP) is 3.86. The van der Waals surface area contributed by atoms with Crippen molar-refractivity contribution in [1.82, 2.24) is 5.06 Å². The van der Waals surface area contributed by atoms with Gasteiger partial charge in [-0.15, -0.1) is 5.06 Å². The lowest BCUT2D eigenvalue weighted by Gasteiger charge is -2.33. The second-order valence-corrected chi connectivity index (χ2v) is 6.97. The molecule has 29 heavy (non-hydrogen) atoms. The second kappa shape index (κ2) is 9.52. The Balaban J connectivity index is 1.51. The number of nitrogens with zero attached hydrogens (tertiary/aromatic N) is 1. The molecule has 0 saturated carbocycles. The Morgan fingerprint density at radius 1 is 1.03 bits per heavy atom. The number of para-hydroxylation sites is 1. The van der Waals surface area contributed by atoms with Crippen molar-refractivity contribution in [2.45, 2.75) is 25.9 Å². The zero-order valence-corrected chi connectivity index (χ0v) is 16.5. The lowest BCUT2D eigenvalue weighted by molar-refractivity contribution is -0.130. The maximum absolute atomic E-state index is 13.8. The van der Waals surface area contributed by atoms with Gasteiger partial charge in [0.2, 0.25) is 0 Å². The molecule has 3 rings (SSSR count). The van der Waals surface area contributed by atoms with Gasteiger partial charge in [0.25, 0.3) is 0 Å². The minimum Gasteiger partial charge on any atom is -0.487 e. The van der Waals surface area contributed by atoms with Crippen LogP contribution in [0.1, 0.15) is 40.5 Å². The molecule has 1 fully saturated rings. The van der Waals surface area contributed by atoms with Crippen molar-refractivity contribution < 1.29 is 28.3 Å². The van der Waals surface area contributed by atoms with E-state index < -0.39 is 11.9 Å². The van der Waals surface area contributed by atoms with Crippen LogP contribution in [0.4, 0.5) is 4.39 Å². The SMILES string of the molecule is COC(=O)c1cccc(C(=O)ON2CCC(C(C)Oc3ccccc3F)CC2)c1. The summed E-state index contributed by atoms with van der Waals surface area (Å²) in [5, 5.41) is 1.61. The van der Waals surface area contributed by atoms with Crippen molar-refractivity contribution >= 4 is 11.9 Å². The molecule has 0 amide bonds. The number of methoxy groups -OCH3 is 1. The summed E-state index contributed by atoms with van der Waals surface area (Å²) in [6.07, 6.45) is 1.36. The molecular formula is C22H24FNO5. The van der Waals surface area contributed by atoms with Crippen molar-refractivity contribution in [3.63, 3.8) is 0 Å². The van der Waals surface area contributed by atoms with Gasteiger partial charge in [0.05, 0.1) is 24.3 Å². The van der Waals surface area contributed by atoms with Crippen molar-refractivity contribution in [1.29, 1.82) is 0 Å². The third-order valence-corrected chi connectivity index (χ3v) is 5.04. The van der Waals surface area contributed by atoms with E-state index >= 15 is 0 Å². The summed E-state index contributed by atoms with van der Waals surface area (Å²) in [4.78, 5) is 29.5. The van der Waals surface area contributed by atoms with Gasteiger partial charge in [-0.05, 0) is 56.0 Å². The van der Waals surface area contributed by atoms with Gasteiger partial charge in [0, 0.05) is 13.1 Å². The zero-order valence-electron chi connectivity index (χ0n) is 16.5. The van der Waals surface area contributed by atoms with Crippen molar-refractivity contribution in [2.75, 3.05) is 20.2 Å². The number of carbonyl (C=O) groups is 2. The van der Waals surface area contributed by atoms with E-state index in [0.29, 0.717) is 18.7 Å². The van der Waals surface area contributed by atoms with Crippen LogP contribution in [0.3, 0.4) is 0 Å². The molecule has 1 atom stereocenters. The van der Waals surface area contributed by atoms with Crippen LogP contribution in [0.25, 0.3) is 0 Å². The number of hydrogen-bond acceptors (Lipinski definition) is 6. The van der Waals surface area contributed by atoms with E-state index in [1.807, 2.05) is 6.92 Å². The van der Waals surface area contributed by atoms with Crippen LogP contribution in [0.2, 0.25) is 0 Å². The summed E-state index contributed by atoms with van der Waals surface area (Å²) in [6.45, 7) is 3.03. The first-order valence-corrected chi connectivity index (χ1v) is 9.54. The topological polar surface area (TPSA) is 65.1 Å². The molecule has 1 unspecified atom stereocenters. The highest BCUT2D eigenvalue weighted by Crippen LogP contribution is 2.26. The molecule has 1 aliphatic heterocycles. The number of halogens is 1. The highest BCUT2D eigenvalue weighted by Gasteiger charge is 2.28. The molecule has 0 aromatic heterocycles. The number of carbonyl (C=O) groups excluding carboxylic acids is 2. The highest BCUT2D eigenvalue weighted by molar-refractivity contribution is 5.95. The lowest BCUT2D eigenvalue weighted by Crippen LogP contribution is -2.39. The van der Waals surface area contributed by atoms with Crippen molar-refractivity contribution in [2.24, 2.45) is 5.92 Å². The van der Waals surface area contributed by atoms with Crippen LogP contribution < -0.4 is 4.74 Å². The van der Waals surface area contributed by atoms with E-state index in [1.54, 1.807) is 41.5 Å². The number of ether oxygens (including phenoxy) is 2. The summed E-state index contributed by atoms with van der Waals surface area (Å²) >= 11 is 0. The summed E-state index contributed by atoms with van der Waals surface area (Å²) in [7, 11) is 1.29. The fourth-order valence-electron chi connectivity index (χ4n) is 3.33. The molecule has 1 aliphatic rings. The van der Waals surface area contributed by atoms with E-state index in [0.717, 1.165) is 12.8 Å². The lowest BCUT2D eigenvalue weighted by atomic mass is 9.93. The highest BCUT2D eigenvalue weighted by atomic mass is 19.1.